The van der Waals surface area contributed by atoms with Crippen molar-refractivity contribution < 1.29 is 0 Å². The van der Waals surface area contributed by atoms with Gasteiger partial charge in [-0.15, -0.1) is 0 Å². The fraction of sp³-hybridized carbons (Fsp3) is 0.333. The Morgan fingerprint density at radius 2 is 1.80 bits per heavy atom. The second-order valence-corrected chi connectivity index (χ2v) is 4.97. The van der Waals surface area contributed by atoms with E-state index < -0.39 is 0 Å². The van der Waals surface area contributed by atoms with Crippen molar-refractivity contribution >= 4 is 0 Å². The summed E-state index contributed by atoms with van der Waals surface area (Å²) in [6.45, 7) is 3.23. The highest BCUT2D eigenvalue weighted by molar-refractivity contribution is 5.22. The number of rotatable bonds is 4. The van der Waals surface area contributed by atoms with Crippen LogP contribution in [0.3, 0.4) is 0 Å². The number of aromatic nitrogens is 2. The lowest BCUT2D eigenvalue weighted by Gasteiger charge is -2.10. The molecule has 2 aromatic rings. The monoisotopic (exact) mass is 273 g/mol. The van der Waals surface area contributed by atoms with Crippen LogP contribution in [0.4, 0.5) is 0 Å². The number of benzene rings is 1. The summed E-state index contributed by atoms with van der Waals surface area (Å²) >= 11 is 0. The summed E-state index contributed by atoms with van der Waals surface area (Å²) < 4.78 is 2.59. The van der Waals surface area contributed by atoms with Crippen molar-refractivity contribution in [2.75, 3.05) is 0 Å². The molecule has 1 heterocycles. The van der Waals surface area contributed by atoms with E-state index in [1.807, 2.05) is 25.1 Å². The Morgan fingerprint density at radius 3 is 2.50 bits per heavy atom. The molecule has 5 heteroatoms. The van der Waals surface area contributed by atoms with Gasteiger partial charge in [0.2, 0.25) is 0 Å². The molecule has 0 fully saturated rings. The van der Waals surface area contributed by atoms with Crippen LogP contribution in [0.15, 0.2) is 39.9 Å². The van der Waals surface area contributed by atoms with E-state index in [0.717, 1.165) is 4.57 Å². The first-order valence-corrected chi connectivity index (χ1v) is 6.51. The van der Waals surface area contributed by atoms with Gasteiger partial charge in [-0.3, -0.25) is 13.9 Å². The van der Waals surface area contributed by atoms with Crippen LogP contribution in [0.5, 0.6) is 0 Å². The van der Waals surface area contributed by atoms with Crippen molar-refractivity contribution in [3.05, 3.63) is 68.0 Å². The molecule has 0 aliphatic carbocycles. The number of aryl methyl sites for hydroxylation is 1. The lowest BCUT2D eigenvalue weighted by molar-refractivity contribution is 0.600. The molecule has 106 valence electrons. The molecule has 2 rings (SSSR count). The molecule has 5 nitrogen and oxygen atoms in total. The molecule has 1 aromatic carbocycles. The predicted octanol–water partition coefficient (Wildman–Crippen LogP) is 0.682. The van der Waals surface area contributed by atoms with Crippen molar-refractivity contribution in [1.29, 1.82) is 0 Å². The molecule has 0 aliphatic heterocycles. The van der Waals surface area contributed by atoms with E-state index in [2.05, 4.69) is 11.4 Å². The number of hydrogen-bond donors (Lipinski definition) is 1. The molecule has 0 amide bonds. The van der Waals surface area contributed by atoms with Gasteiger partial charge in [0, 0.05) is 38.9 Å². The number of nitrogens with zero attached hydrogens (tertiary/aromatic N) is 2. The molecule has 20 heavy (non-hydrogen) atoms. The Balaban J connectivity index is 2.09. The van der Waals surface area contributed by atoms with Crippen molar-refractivity contribution in [3.8, 4) is 0 Å². The summed E-state index contributed by atoms with van der Waals surface area (Å²) in [5.41, 5.74) is 2.50. The third-order valence-electron chi connectivity index (χ3n) is 3.34. The summed E-state index contributed by atoms with van der Waals surface area (Å²) in [7, 11) is 3.15. The molecular formula is C15H19N3O2. The van der Waals surface area contributed by atoms with Gasteiger partial charge in [0.05, 0.1) is 0 Å². The zero-order valence-corrected chi connectivity index (χ0v) is 12.0. The second kappa shape index (κ2) is 5.88. The maximum absolute atomic E-state index is 11.8. The summed E-state index contributed by atoms with van der Waals surface area (Å²) in [5, 5.41) is 3.25. The van der Waals surface area contributed by atoms with Crippen LogP contribution in [0.25, 0.3) is 0 Å². The van der Waals surface area contributed by atoms with Crippen LogP contribution in [-0.4, -0.2) is 9.13 Å². The number of hydrogen-bond acceptors (Lipinski definition) is 3. The summed E-state index contributed by atoms with van der Waals surface area (Å²) in [5.74, 6) is 0. The molecule has 0 unspecified atom stereocenters. The van der Waals surface area contributed by atoms with Crippen LogP contribution in [0.1, 0.15) is 16.8 Å². The quantitative estimate of drug-likeness (QED) is 0.891. The van der Waals surface area contributed by atoms with Crippen molar-refractivity contribution in [3.63, 3.8) is 0 Å². The largest absolute Gasteiger partial charge is 0.330 e. The Morgan fingerprint density at radius 1 is 1.05 bits per heavy atom. The standard InChI is InChI=1S/C15H19N3O2/c1-11-5-4-6-12(7-11)9-16-10-13-8-14(19)18(3)15(20)17(13)2/h4-8,16H,9-10H2,1-3H3. The topological polar surface area (TPSA) is 56.0 Å². The van der Waals surface area contributed by atoms with Crippen molar-refractivity contribution in [2.24, 2.45) is 14.1 Å². The van der Waals surface area contributed by atoms with Gasteiger partial charge in [0.15, 0.2) is 0 Å². The van der Waals surface area contributed by atoms with Gasteiger partial charge in [-0.05, 0) is 12.5 Å². The van der Waals surface area contributed by atoms with E-state index in [1.165, 1.54) is 28.8 Å². The smallest absolute Gasteiger partial charge is 0.307 e. The fourth-order valence-corrected chi connectivity index (χ4v) is 2.10. The second-order valence-electron chi connectivity index (χ2n) is 4.97. The maximum atomic E-state index is 11.8. The van der Waals surface area contributed by atoms with E-state index >= 15 is 0 Å². The first-order valence-electron chi connectivity index (χ1n) is 6.51. The molecule has 0 radical (unpaired) electrons. The van der Waals surface area contributed by atoms with E-state index in [0.29, 0.717) is 18.8 Å². The van der Waals surface area contributed by atoms with E-state index in [1.54, 1.807) is 7.05 Å². The third kappa shape index (κ3) is 3.05. The molecule has 0 bridgehead atoms. The minimum absolute atomic E-state index is 0.277. The summed E-state index contributed by atoms with van der Waals surface area (Å²) in [6.07, 6.45) is 0. The average Bonchev–Trinajstić information content (AvgIpc) is 2.42. The maximum Gasteiger partial charge on any atom is 0.330 e. The van der Waals surface area contributed by atoms with Crippen molar-refractivity contribution in [2.45, 2.75) is 20.0 Å². The zero-order valence-electron chi connectivity index (χ0n) is 12.0. The molecule has 0 aliphatic rings. The molecule has 0 atom stereocenters. The fourth-order valence-electron chi connectivity index (χ4n) is 2.10. The zero-order chi connectivity index (χ0) is 14.7. The van der Waals surface area contributed by atoms with Crippen LogP contribution in [-0.2, 0) is 27.2 Å². The normalized spacial score (nSPS) is 10.8. The summed E-state index contributed by atoms with van der Waals surface area (Å²) in [4.78, 5) is 23.4. The highest BCUT2D eigenvalue weighted by atomic mass is 16.2. The lowest BCUT2D eigenvalue weighted by Crippen LogP contribution is -2.38. The first-order chi connectivity index (χ1) is 9.49. The van der Waals surface area contributed by atoms with Gasteiger partial charge in [0.1, 0.15) is 0 Å². The Hall–Kier alpha value is -2.14. The molecular weight excluding hydrogens is 254 g/mol. The Labute approximate surface area is 117 Å². The Bertz CT molecular complexity index is 729. The van der Waals surface area contributed by atoms with E-state index in [9.17, 15) is 9.59 Å². The highest BCUT2D eigenvalue weighted by Crippen LogP contribution is 2.03. The summed E-state index contributed by atoms with van der Waals surface area (Å²) in [6, 6.07) is 9.71. The van der Waals surface area contributed by atoms with Gasteiger partial charge < -0.3 is 5.32 Å². The average molecular weight is 273 g/mol. The molecule has 0 saturated heterocycles. The van der Waals surface area contributed by atoms with Crippen LogP contribution < -0.4 is 16.6 Å². The predicted molar refractivity (Wildman–Crippen MR) is 78.6 cm³/mol. The highest BCUT2D eigenvalue weighted by Gasteiger charge is 2.05. The molecule has 0 spiro atoms. The van der Waals surface area contributed by atoms with Gasteiger partial charge in [0.25, 0.3) is 5.56 Å². The van der Waals surface area contributed by atoms with E-state index in [4.69, 9.17) is 0 Å². The third-order valence-corrected chi connectivity index (χ3v) is 3.34. The number of nitrogens with one attached hydrogen (secondary N) is 1. The van der Waals surface area contributed by atoms with Crippen molar-refractivity contribution in [1.82, 2.24) is 14.5 Å². The first kappa shape index (κ1) is 14.3. The molecule has 1 N–H and O–H groups in total. The van der Waals surface area contributed by atoms with E-state index in [-0.39, 0.29) is 11.2 Å². The minimum Gasteiger partial charge on any atom is -0.307 e. The van der Waals surface area contributed by atoms with Crippen LogP contribution in [0, 0.1) is 6.92 Å². The molecule has 0 saturated carbocycles. The van der Waals surface area contributed by atoms with Gasteiger partial charge in [-0.25, -0.2) is 4.79 Å². The van der Waals surface area contributed by atoms with Crippen LogP contribution in [0.2, 0.25) is 0 Å². The van der Waals surface area contributed by atoms with Gasteiger partial charge in [-0.2, -0.15) is 0 Å². The SMILES string of the molecule is Cc1cccc(CNCc2cc(=O)n(C)c(=O)n2C)c1. The van der Waals surface area contributed by atoms with Gasteiger partial charge in [-0.1, -0.05) is 29.8 Å². The minimum atomic E-state index is -0.301. The van der Waals surface area contributed by atoms with Crippen LogP contribution >= 0.6 is 0 Å². The molecule has 1 aromatic heterocycles. The lowest BCUT2D eigenvalue weighted by atomic mass is 10.1. The van der Waals surface area contributed by atoms with Gasteiger partial charge >= 0.3 is 5.69 Å². The Kier molecular flexibility index (Phi) is 4.20.